The van der Waals surface area contributed by atoms with Crippen LogP contribution in [0.15, 0.2) is 109 Å². The monoisotopic (exact) mass is 1400 g/mol. The minimum absolute atomic E-state index is 0.0530. The summed E-state index contributed by atoms with van der Waals surface area (Å²) >= 11 is 0. The fraction of sp³-hybridized carbons (Fsp3) is 0.775. The molecule has 0 aromatic heterocycles. The summed E-state index contributed by atoms with van der Waals surface area (Å²) in [6, 6.07) is 0. The number of ether oxygens (including phenoxy) is 2. The molecular weight excluding hydrogens is 1240 g/mol. The number of carbonyl (C=O) groups is 2. The van der Waals surface area contributed by atoms with E-state index in [1.54, 1.807) is 0 Å². The van der Waals surface area contributed by atoms with Crippen LogP contribution in [0.4, 0.5) is 0 Å². The van der Waals surface area contributed by atoms with Crippen LogP contribution in [0.25, 0.3) is 0 Å². The highest BCUT2D eigenvalue weighted by Gasteiger charge is 2.26. The molecule has 0 spiro atoms. The Labute approximate surface area is 613 Å². The Hall–Kier alpha value is -3.33. The van der Waals surface area contributed by atoms with Crippen LogP contribution < -0.4 is 5.73 Å². The summed E-state index contributed by atoms with van der Waals surface area (Å²) in [7, 11) is -4.40. The van der Waals surface area contributed by atoms with E-state index in [0.717, 1.165) is 89.9 Å². The molecule has 0 saturated carbocycles. The summed E-state index contributed by atoms with van der Waals surface area (Å²) in [6.07, 6.45) is 117. The zero-order chi connectivity index (χ0) is 71.5. The number of esters is 2. The quantitative estimate of drug-likeness (QED) is 0.0264. The topological polar surface area (TPSA) is 134 Å². The molecule has 0 aliphatic rings. The van der Waals surface area contributed by atoms with Crippen molar-refractivity contribution in [1.29, 1.82) is 0 Å². The van der Waals surface area contributed by atoms with Crippen LogP contribution in [0.3, 0.4) is 0 Å². The van der Waals surface area contributed by atoms with E-state index >= 15 is 0 Å². The second kappa shape index (κ2) is 83.6. The molecule has 0 amide bonds. The predicted octanol–water partition coefficient (Wildman–Crippen LogP) is 28.8. The van der Waals surface area contributed by atoms with Crippen LogP contribution >= 0.6 is 7.82 Å². The molecule has 2 atom stereocenters. The maximum Gasteiger partial charge on any atom is 0.472 e. The van der Waals surface area contributed by atoms with Gasteiger partial charge in [0.2, 0.25) is 0 Å². The van der Waals surface area contributed by atoms with Gasteiger partial charge in [0.25, 0.3) is 0 Å². The van der Waals surface area contributed by atoms with Crippen molar-refractivity contribution in [2.24, 2.45) is 5.73 Å². The number of unbranched alkanes of at least 4 members (excludes halogenated alkanes) is 49. The largest absolute Gasteiger partial charge is 0.472 e. The molecule has 0 radical (unpaired) electrons. The summed E-state index contributed by atoms with van der Waals surface area (Å²) in [6.45, 7) is 3.68. The predicted molar refractivity (Wildman–Crippen MR) is 431 cm³/mol. The molecule has 9 nitrogen and oxygen atoms in total. The second-order valence-electron chi connectivity index (χ2n) is 28.3. The molecule has 0 heterocycles. The van der Waals surface area contributed by atoms with Crippen molar-refractivity contribution >= 4 is 19.8 Å². The van der Waals surface area contributed by atoms with E-state index in [1.807, 2.05) is 0 Å². The molecule has 10 heteroatoms. The van der Waals surface area contributed by atoms with Gasteiger partial charge in [0.05, 0.1) is 13.2 Å². The van der Waals surface area contributed by atoms with Gasteiger partial charge >= 0.3 is 19.8 Å². The van der Waals surface area contributed by atoms with Gasteiger partial charge in [-0.05, 0) is 103 Å². The van der Waals surface area contributed by atoms with E-state index in [4.69, 9.17) is 24.3 Å². The lowest BCUT2D eigenvalue weighted by Gasteiger charge is -2.19. The average Bonchev–Trinajstić information content (AvgIpc) is 1.64. The normalized spacial score (nSPS) is 13.4. The van der Waals surface area contributed by atoms with E-state index in [2.05, 4.69) is 123 Å². The Kier molecular flexibility index (Phi) is 80.8. The first kappa shape index (κ1) is 95.7. The lowest BCUT2D eigenvalue weighted by molar-refractivity contribution is -0.161. The lowest BCUT2D eigenvalue weighted by Crippen LogP contribution is -2.29. The number of phosphoric acid groups is 1. The van der Waals surface area contributed by atoms with Crippen molar-refractivity contribution in [3.05, 3.63) is 109 Å². The summed E-state index contributed by atoms with van der Waals surface area (Å²) in [5, 5.41) is 0. The highest BCUT2D eigenvalue weighted by molar-refractivity contribution is 7.47. The van der Waals surface area contributed by atoms with E-state index in [9.17, 15) is 19.0 Å². The Morgan fingerprint density at radius 1 is 0.313 bits per heavy atom. The Morgan fingerprint density at radius 2 is 0.556 bits per heavy atom. The van der Waals surface area contributed by atoms with Gasteiger partial charge in [-0.2, -0.15) is 0 Å². The molecule has 3 N–H and O–H groups in total. The fourth-order valence-electron chi connectivity index (χ4n) is 12.4. The SMILES string of the molecule is CC/C=C\C/C=C\C/C=C\C/C=C\C/C=C\C/C=C\CCCCCCCCCCCCCCCCCCCCC(=O)OC(COC(=O)CCCCCCCCCCCCCCCCCCCCCCCCCCCC/C=C\C/C=C\C/C=C\CCCCCCC)COP(=O)(O)OCCN. The molecule has 0 aromatic carbocycles. The van der Waals surface area contributed by atoms with Crippen LogP contribution in [-0.4, -0.2) is 49.3 Å². The maximum atomic E-state index is 12.8. The molecule has 0 aliphatic carbocycles. The highest BCUT2D eigenvalue weighted by Crippen LogP contribution is 2.43. The fourth-order valence-corrected chi connectivity index (χ4v) is 13.2. The van der Waals surface area contributed by atoms with Crippen LogP contribution in [0.1, 0.15) is 412 Å². The van der Waals surface area contributed by atoms with Crippen LogP contribution in [0.5, 0.6) is 0 Å². The molecule has 0 aliphatic heterocycles. The summed E-state index contributed by atoms with van der Waals surface area (Å²) < 4.78 is 33.3. The van der Waals surface area contributed by atoms with E-state index in [1.165, 1.54) is 289 Å². The number of hydrogen-bond donors (Lipinski definition) is 2. The molecule has 99 heavy (non-hydrogen) atoms. The second-order valence-corrected chi connectivity index (χ2v) is 29.8. The molecule has 0 rings (SSSR count). The third-order valence-electron chi connectivity index (χ3n) is 18.6. The summed E-state index contributed by atoms with van der Waals surface area (Å²) in [5.74, 6) is -0.809. The van der Waals surface area contributed by atoms with Gasteiger partial charge in [0.15, 0.2) is 6.10 Å². The van der Waals surface area contributed by atoms with Crippen molar-refractivity contribution in [3.8, 4) is 0 Å². The third-order valence-corrected chi connectivity index (χ3v) is 19.6. The standard InChI is InChI=1S/C89H160NO8P/c1-3-5-7-9-11-13-15-17-19-21-23-25-27-29-31-33-35-37-39-41-42-43-44-46-47-49-51-53-55-57-59-61-63-65-67-69-71-73-75-77-79-81-88(91)95-85-87(86-97-99(93,94)96-84-83-90)98-89(92)82-80-78-76-74-72-70-68-66-64-62-60-58-56-54-52-50-48-45-40-38-36-34-32-30-28-26-24-22-20-18-16-14-12-10-8-6-4-2/h6,8,12,14-15,17-18,20-21,23-24,26-27,29-30,32,36,38,87H,3-5,7,9-11,13,16,19,22,25,28,31,33-35,37,39-86,90H2,1-2H3,(H,93,94)/b8-6-,14-12-,17-15-,20-18-,23-21-,26-24-,29-27-,32-30-,38-36-. The first-order valence-corrected chi connectivity index (χ1v) is 43.9. The zero-order valence-corrected chi connectivity index (χ0v) is 65.9. The Bertz CT molecular complexity index is 2000. The molecule has 574 valence electrons. The van der Waals surface area contributed by atoms with Crippen LogP contribution in [-0.2, 0) is 32.7 Å². The molecule has 0 bridgehead atoms. The van der Waals surface area contributed by atoms with Gasteiger partial charge < -0.3 is 20.1 Å². The van der Waals surface area contributed by atoms with Gasteiger partial charge in [-0.1, -0.05) is 406 Å². The molecular formula is C89H160NO8P. The first-order valence-electron chi connectivity index (χ1n) is 42.4. The van der Waals surface area contributed by atoms with Gasteiger partial charge in [0.1, 0.15) is 6.61 Å². The van der Waals surface area contributed by atoms with Gasteiger partial charge in [-0.25, -0.2) is 4.57 Å². The van der Waals surface area contributed by atoms with E-state index < -0.39 is 26.5 Å². The van der Waals surface area contributed by atoms with Gasteiger partial charge in [-0.15, -0.1) is 0 Å². The summed E-state index contributed by atoms with van der Waals surface area (Å²) in [4.78, 5) is 35.5. The summed E-state index contributed by atoms with van der Waals surface area (Å²) in [5.41, 5.74) is 5.42. The van der Waals surface area contributed by atoms with Crippen molar-refractivity contribution in [3.63, 3.8) is 0 Å². The van der Waals surface area contributed by atoms with Crippen LogP contribution in [0.2, 0.25) is 0 Å². The number of rotatable bonds is 80. The molecule has 2 unspecified atom stereocenters. The highest BCUT2D eigenvalue weighted by atomic mass is 31.2. The lowest BCUT2D eigenvalue weighted by atomic mass is 10.0. The number of hydrogen-bond acceptors (Lipinski definition) is 8. The third kappa shape index (κ3) is 83.5. The van der Waals surface area contributed by atoms with Crippen molar-refractivity contribution in [1.82, 2.24) is 0 Å². The number of carbonyl (C=O) groups excluding carboxylic acids is 2. The smallest absolute Gasteiger partial charge is 0.462 e. The average molecular weight is 1400 g/mol. The van der Waals surface area contributed by atoms with Gasteiger partial charge in [-0.3, -0.25) is 18.6 Å². The van der Waals surface area contributed by atoms with Crippen LogP contribution in [0, 0.1) is 0 Å². The number of allylic oxidation sites excluding steroid dienone is 18. The minimum Gasteiger partial charge on any atom is -0.462 e. The molecule has 0 fully saturated rings. The maximum absolute atomic E-state index is 12.8. The number of nitrogens with two attached hydrogens (primary N) is 1. The van der Waals surface area contributed by atoms with Gasteiger partial charge in [0, 0.05) is 19.4 Å². The van der Waals surface area contributed by atoms with Crippen molar-refractivity contribution in [2.45, 2.75) is 418 Å². The molecule has 0 aromatic rings. The van der Waals surface area contributed by atoms with E-state index in [0.29, 0.717) is 6.42 Å². The Morgan fingerprint density at radius 3 is 0.828 bits per heavy atom. The molecule has 0 saturated heterocycles. The minimum atomic E-state index is -4.40. The zero-order valence-electron chi connectivity index (χ0n) is 65.0. The Balaban J connectivity index is 3.76. The van der Waals surface area contributed by atoms with Crippen molar-refractivity contribution in [2.75, 3.05) is 26.4 Å². The number of phosphoric ester groups is 1. The first-order chi connectivity index (χ1) is 48.8. The van der Waals surface area contributed by atoms with E-state index in [-0.39, 0.29) is 38.6 Å². The van der Waals surface area contributed by atoms with Crippen molar-refractivity contribution < 1.29 is 37.6 Å².